The van der Waals surface area contributed by atoms with Crippen molar-refractivity contribution in [3.8, 4) is 5.75 Å². The first-order chi connectivity index (χ1) is 17.7. The molecular formula is C24H25N3O10S. The smallest absolute Gasteiger partial charge is 0.267 e. The summed E-state index contributed by atoms with van der Waals surface area (Å²) in [5.41, 5.74) is 2.10. The molecule has 1 saturated carbocycles. The summed E-state index contributed by atoms with van der Waals surface area (Å²) in [6, 6.07) is 2.74. The largest absolute Gasteiger partial charge is 0.508 e. The summed E-state index contributed by atoms with van der Waals surface area (Å²) in [5.74, 6) is -8.39. The lowest BCUT2D eigenvalue weighted by atomic mass is 9.58. The standard InChI is InChI=1S/C24H25N3O10S/c1-8-20(9(2)37-26-8)38(35,36)27-13-4-3-10-5-11-6-12-7-14(28)17(23(25)33)22(32)24(12,34)21(31)16(11)19(30)15(10)18(13)29/h3-4,11-12,14,17,27-29,31,34H,5-7H2,1-2H3,(H2,25,33)/t11-,12-,14?,17?,24-/m0/s1. The number of nitrogens with zero attached hydrogens (tertiary/aromatic N) is 1. The second-order valence-corrected chi connectivity index (χ2v) is 11.6. The molecule has 2 aromatic rings. The van der Waals surface area contributed by atoms with Crippen LogP contribution in [0.5, 0.6) is 5.75 Å². The maximum atomic E-state index is 13.6. The van der Waals surface area contributed by atoms with E-state index in [0.717, 1.165) is 0 Å². The van der Waals surface area contributed by atoms with Gasteiger partial charge in [0.05, 0.1) is 17.4 Å². The highest BCUT2D eigenvalue weighted by molar-refractivity contribution is 7.92. The molecule has 3 aliphatic carbocycles. The van der Waals surface area contributed by atoms with Crippen LogP contribution in [-0.4, -0.2) is 63.2 Å². The van der Waals surface area contributed by atoms with E-state index < -0.39 is 68.5 Å². The van der Waals surface area contributed by atoms with Crippen molar-refractivity contribution >= 4 is 33.2 Å². The molecule has 13 nitrogen and oxygen atoms in total. The van der Waals surface area contributed by atoms with Gasteiger partial charge >= 0.3 is 0 Å². The van der Waals surface area contributed by atoms with Crippen LogP contribution in [0.1, 0.15) is 40.2 Å². The number of nitrogens with one attached hydrogen (secondary N) is 1. The molecule has 1 amide bonds. The summed E-state index contributed by atoms with van der Waals surface area (Å²) in [6.07, 6.45) is -1.53. The van der Waals surface area contributed by atoms with E-state index in [1.54, 1.807) is 0 Å². The molecule has 0 saturated heterocycles. The Labute approximate surface area is 216 Å². The number of aromatic hydroxyl groups is 1. The fourth-order valence-corrected chi connectivity index (χ4v) is 7.44. The molecule has 5 rings (SSSR count). The molecule has 1 aromatic heterocycles. The van der Waals surface area contributed by atoms with Crippen molar-refractivity contribution in [3.05, 3.63) is 46.0 Å². The maximum absolute atomic E-state index is 13.6. The number of ketones is 2. The summed E-state index contributed by atoms with van der Waals surface area (Å²) in [4.78, 5) is 38.2. The summed E-state index contributed by atoms with van der Waals surface area (Å²) >= 11 is 0. The summed E-state index contributed by atoms with van der Waals surface area (Å²) in [6.45, 7) is 2.82. The number of amides is 1. The van der Waals surface area contributed by atoms with Gasteiger partial charge in [0.1, 0.15) is 17.4 Å². The average Bonchev–Trinajstić information content (AvgIpc) is 3.16. The Balaban J connectivity index is 1.58. The quantitative estimate of drug-likeness (QED) is 0.223. The van der Waals surface area contributed by atoms with E-state index >= 15 is 0 Å². The monoisotopic (exact) mass is 547 g/mol. The second kappa shape index (κ2) is 8.38. The molecule has 0 aliphatic heterocycles. The van der Waals surface area contributed by atoms with E-state index in [1.807, 2.05) is 0 Å². The number of benzene rings is 1. The minimum absolute atomic E-state index is 0.0167. The third kappa shape index (κ3) is 3.47. The number of hydrogen-bond donors (Lipinski definition) is 6. The number of hydrogen-bond acceptors (Lipinski definition) is 11. The van der Waals surface area contributed by atoms with E-state index in [-0.39, 0.29) is 52.4 Å². The van der Waals surface area contributed by atoms with Gasteiger partial charge in [-0.15, -0.1) is 0 Å². The molecule has 1 heterocycles. The normalized spacial score (nSPS) is 28.9. The predicted octanol–water partition coefficient (Wildman–Crippen LogP) is 0.151. The van der Waals surface area contributed by atoms with Gasteiger partial charge in [-0.25, -0.2) is 8.42 Å². The zero-order valence-corrected chi connectivity index (χ0v) is 21.1. The van der Waals surface area contributed by atoms with Crippen molar-refractivity contribution < 1.29 is 47.8 Å². The zero-order chi connectivity index (χ0) is 27.9. The molecule has 202 valence electrons. The number of phenols is 1. The number of rotatable bonds is 4. The first kappa shape index (κ1) is 25.9. The van der Waals surface area contributed by atoms with Crippen molar-refractivity contribution in [2.24, 2.45) is 23.5 Å². The fraction of sp³-hybridized carbons (Fsp3) is 0.417. The Bertz CT molecular complexity index is 1540. The van der Waals surface area contributed by atoms with Crippen LogP contribution < -0.4 is 10.5 Å². The SMILES string of the molecule is Cc1noc(C)c1S(=O)(=O)Nc1ccc2c(c1O)C(=O)C1=C(O)[C@]3(O)C(=O)C(C(N)=O)C(O)C[C@@H]3C[C@@H]1C2. The first-order valence-corrected chi connectivity index (χ1v) is 13.2. The van der Waals surface area contributed by atoms with E-state index in [0.29, 0.717) is 5.56 Å². The van der Waals surface area contributed by atoms with Crippen LogP contribution in [0.2, 0.25) is 0 Å². The minimum atomic E-state index is -4.28. The van der Waals surface area contributed by atoms with Crippen molar-refractivity contribution in [1.82, 2.24) is 5.16 Å². The molecule has 1 aromatic carbocycles. The van der Waals surface area contributed by atoms with Gasteiger partial charge in [0.15, 0.2) is 33.6 Å². The van der Waals surface area contributed by atoms with Gasteiger partial charge in [0.2, 0.25) is 5.91 Å². The lowest BCUT2D eigenvalue weighted by molar-refractivity contribution is -0.167. The van der Waals surface area contributed by atoms with E-state index in [9.17, 15) is 43.2 Å². The summed E-state index contributed by atoms with van der Waals surface area (Å²) in [5, 5.41) is 47.3. The summed E-state index contributed by atoms with van der Waals surface area (Å²) < 4.78 is 33.0. The first-order valence-electron chi connectivity index (χ1n) is 11.7. The van der Waals surface area contributed by atoms with Gasteiger partial charge in [-0.05, 0) is 50.7 Å². The molecule has 38 heavy (non-hydrogen) atoms. The number of aryl methyl sites for hydroxylation is 2. The Morgan fingerprint density at radius 3 is 2.50 bits per heavy atom. The van der Waals surface area contributed by atoms with Crippen LogP contribution in [0.15, 0.2) is 32.9 Å². The van der Waals surface area contributed by atoms with Crippen LogP contribution >= 0.6 is 0 Å². The average molecular weight is 548 g/mol. The topological polar surface area (TPSA) is 230 Å². The van der Waals surface area contributed by atoms with Crippen molar-refractivity contribution in [2.75, 3.05) is 4.72 Å². The molecule has 3 aliphatic rings. The van der Waals surface area contributed by atoms with Crippen LogP contribution in [0.4, 0.5) is 5.69 Å². The Kier molecular flexibility index (Phi) is 5.71. The highest BCUT2D eigenvalue weighted by Crippen LogP contribution is 2.52. The zero-order valence-electron chi connectivity index (χ0n) is 20.3. The molecular weight excluding hydrogens is 522 g/mol. The molecule has 7 N–H and O–H groups in total. The highest BCUT2D eigenvalue weighted by Gasteiger charge is 2.62. The number of phenolic OH excluding ortho intramolecular Hbond substituents is 1. The van der Waals surface area contributed by atoms with E-state index in [2.05, 4.69) is 9.88 Å². The highest BCUT2D eigenvalue weighted by atomic mass is 32.2. The van der Waals surface area contributed by atoms with Crippen LogP contribution in [0.3, 0.4) is 0 Å². The number of fused-ring (bicyclic) bond motifs is 3. The number of aromatic nitrogens is 1. The number of carbonyl (C=O) groups is 3. The Hall–Kier alpha value is -3.75. The summed E-state index contributed by atoms with van der Waals surface area (Å²) in [7, 11) is -4.28. The molecule has 2 unspecified atom stereocenters. The van der Waals surface area contributed by atoms with Crippen LogP contribution in [-0.2, 0) is 26.0 Å². The third-order valence-electron chi connectivity index (χ3n) is 7.74. The lowest BCUT2D eigenvalue weighted by Gasteiger charge is -2.48. The predicted molar refractivity (Wildman–Crippen MR) is 127 cm³/mol. The number of anilines is 1. The van der Waals surface area contributed by atoms with Gasteiger partial charge in [-0.1, -0.05) is 11.2 Å². The second-order valence-electron chi connectivity index (χ2n) is 9.99. The molecule has 14 heteroatoms. The van der Waals surface area contributed by atoms with E-state index in [4.69, 9.17) is 10.3 Å². The molecule has 0 spiro atoms. The van der Waals surface area contributed by atoms with Crippen molar-refractivity contribution in [2.45, 2.75) is 49.7 Å². The Morgan fingerprint density at radius 1 is 1.21 bits per heavy atom. The number of Topliss-reactive ketones (excluding diaryl/α,β-unsaturated/α-hetero) is 2. The van der Waals surface area contributed by atoms with Crippen LogP contribution in [0.25, 0.3) is 0 Å². The third-order valence-corrected chi connectivity index (χ3v) is 9.35. The van der Waals surface area contributed by atoms with Gasteiger partial charge in [0.25, 0.3) is 10.0 Å². The van der Waals surface area contributed by atoms with Gasteiger partial charge in [-0.3, -0.25) is 19.1 Å². The number of carbonyl (C=O) groups excluding carboxylic acids is 3. The Morgan fingerprint density at radius 2 is 1.89 bits per heavy atom. The lowest BCUT2D eigenvalue weighted by Crippen LogP contribution is -2.63. The van der Waals surface area contributed by atoms with E-state index in [1.165, 1.54) is 26.0 Å². The van der Waals surface area contributed by atoms with Gasteiger partial charge in [-0.2, -0.15) is 0 Å². The molecule has 1 fully saturated rings. The van der Waals surface area contributed by atoms with Gasteiger partial charge < -0.3 is 30.7 Å². The number of aliphatic hydroxyl groups excluding tert-OH is 2. The maximum Gasteiger partial charge on any atom is 0.267 e. The minimum Gasteiger partial charge on any atom is -0.508 e. The number of nitrogens with two attached hydrogens (primary N) is 1. The van der Waals surface area contributed by atoms with Crippen molar-refractivity contribution in [1.29, 1.82) is 0 Å². The van der Waals surface area contributed by atoms with Gasteiger partial charge in [0, 0.05) is 11.5 Å². The fourth-order valence-electron chi connectivity index (χ4n) is 6.04. The van der Waals surface area contributed by atoms with Crippen LogP contribution in [0, 0.1) is 31.6 Å². The molecule has 0 bridgehead atoms. The molecule has 5 atom stereocenters. The number of aliphatic hydroxyl groups is 3. The number of sulfonamides is 1. The number of allylic oxidation sites excluding steroid dienone is 1. The number of primary amides is 1. The van der Waals surface area contributed by atoms with Crippen molar-refractivity contribution in [3.63, 3.8) is 0 Å². The molecule has 0 radical (unpaired) electrons.